The molecule has 0 aromatic heterocycles. The minimum absolute atomic E-state index is 0.298. The van der Waals surface area contributed by atoms with Gasteiger partial charge in [0.05, 0.1) is 11.4 Å². The number of nitrogens with one attached hydrogen (secondary N) is 2. The lowest BCUT2D eigenvalue weighted by Crippen LogP contribution is -2.59. The van der Waals surface area contributed by atoms with Gasteiger partial charge in [0, 0.05) is 37.3 Å². The highest BCUT2D eigenvalue weighted by Crippen LogP contribution is 2.45. The number of para-hydroxylation sites is 2. The molecule has 5 fully saturated rings. The third kappa shape index (κ3) is 6.63. The number of anilines is 2. The standard InChI is InChI=1S/C33H51N5O3/c1-33(2,3)41-32(40)37-17-9-16-36(37)31(39)35-30-15-7-6-14-29(30)34-25-21-26-12-8-13-27(22-25)38(26)28-19-23-10-4-5-11-24(18-23)20-28/h6-7,14-15,23-28,34H,4-5,8-13,16-22H2,1-3H3,(H,35,39)/t23-,24+,25?,26-,27+,28?. The van der Waals surface area contributed by atoms with Gasteiger partial charge in [0.1, 0.15) is 5.60 Å². The van der Waals surface area contributed by atoms with Crippen molar-refractivity contribution in [2.75, 3.05) is 23.7 Å². The lowest BCUT2D eigenvalue weighted by molar-refractivity contribution is -0.0307. The fourth-order valence-corrected chi connectivity index (χ4v) is 8.69. The molecule has 2 unspecified atom stereocenters. The molecule has 3 heterocycles. The van der Waals surface area contributed by atoms with E-state index < -0.39 is 11.7 Å². The first-order valence-corrected chi connectivity index (χ1v) is 16.5. The van der Waals surface area contributed by atoms with E-state index in [0.717, 1.165) is 35.7 Å². The zero-order valence-electron chi connectivity index (χ0n) is 25.4. The van der Waals surface area contributed by atoms with Gasteiger partial charge in [-0.25, -0.2) is 19.6 Å². The fraction of sp³-hybridized carbons (Fsp3) is 0.758. The van der Waals surface area contributed by atoms with Crippen LogP contribution in [0.25, 0.3) is 0 Å². The zero-order chi connectivity index (χ0) is 28.6. The Hall–Kier alpha value is -2.48. The monoisotopic (exact) mass is 565 g/mol. The van der Waals surface area contributed by atoms with Crippen molar-refractivity contribution in [2.24, 2.45) is 11.8 Å². The molecule has 6 rings (SSSR count). The normalized spacial score (nSPS) is 32.3. The van der Waals surface area contributed by atoms with E-state index in [-0.39, 0.29) is 6.03 Å². The first-order chi connectivity index (χ1) is 19.7. The van der Waals surface area contributed by atoms with E-state index in [9.17, 15) is 9.59 Å². The van der Waals surface area contributed by atoms with Crippen molar-refractivity contribution in [1.82, 2.24) is 14.9 Å². The van der Waals surface area contributed by atoms with E-state index in [0.29, 0.717) is 31.2 Å². The number of hydrazine groups is 1. The van der Waals surface area contributed by atoms with Crippen molar-refractivity contribution >= 4 is 23.5 Å². The summed E-state index contributed by atoms with van der Waals surface area (Å²) in [5.74, 6) is 1.91. The Bertz CT molecular complexity index is 1060. The number of amides is 3. The van der Waals surface area contributed by atoms with Crippen LogP contribution in [0.2, 0.25) is 0 Å². The SMILES string of the molecule is CC(C)(C)OC(=O)N1CCCN1C(=O)Nc1ccccc1NC1C[C@H]2CCC[C@@H](C1)N2C1C[C@H]2CCCC[C@@H](C1)C2. The van der Waals surface area contributed by atoms with Crippen LogP contribution in [-0.4, -0.2) is 69.9 Å². The summed E-state index contributed by atoms with van der Waals surface area (Å²) in [6.45, 7) is 6.49. The molecule has 1 aromatic carbocycles. The van der Waals surface area contributed by atoms with Gasteiger partial charge in [0.15, 0.2) is 0 Å². The average Bonchev–Trinajstić information content (AvgIpc) is 3.35. The van der Waals surface area contributed by atoms with E-state index in [4.69, 9.17) is 4.74 Å². The van der Waals surface area contributed by atoms with E-state index in [1.807, 2.05) is 39.0 Å². The minimum Gasteiger partial charge on any atom is -0.442 e. The molecule has 41 heavy (non-hydrogen) atoms. The third-order valence-corrected chi connectivity index (χ3v) is 10.2. The first kappa shape index (κ1) is 28.6. The van der Waals surface area contributed by atoms with Crippen LogP contribution in [-0.2, 0) is 4.74 Å². The van der Waals surface area contributed by atoms with Gasteiger partial charge in [0.25, 0.3) is 0 Å². The number of nitrogens with zero attached hydrogens (tertiary/aromatic N) is 3. The largest absolute Gasteiger partial charge is 0.442 e. The molecule has 0 spiro atoms. The summed E-state index contributed by atoms with van der Waals surface area (Å²) in [5, 5.41) is 9.85. The van der Waals surface area contributed by atoms with Crippen molar-refractivity contribution < 1.29 is 14.3 Å². The molecule has 8 heteroatoms. The number of rotatable bonds is 4. The molecule has 3 aliphatic heterocycles. The number of piperidine rings is 2. The van der Waals surface area contributed by atoms with Crippen LogP contribution in [0.3, 0.4) is 0 Å². The van der Waals surface area contributed by atoms with Crippen LogP contribution in [0.4, 0.5) is 21.0 Å². The number of urea groups is 1. The Labute approximate surface area is 246 Å². The lowest BCUT2D eigenvalue weighted by Gasteiger charge is -2.54. The molecular weight excluding hydrogens is 514 g/mol. The maximum Gasteiger partial charge on any atom is 0.429 e. The number of hydrogen-bond acceptors (Lipinski definition) is 5. The molecule has 0 radical (unpaired) electrons. The number of carbonyl (C=O) groups excluding carboxylic acids is 2. The van der Waals surface area contributed by atoms with Gasteiger partial charge >= 0.3 is 12.1 Å². The first-order valence-electron chi connectivity index (χ1n) is 16.5. The van der Waals surface area contributed by atoms with Gasteiger partial charge in [-0.05, 0) is 96.1 Å². The molecule has 226 valence electrons. The molecule has 1 aromatic rings. The molecule has 2 N–H and O–H groups in total. The van der Waals surface area contributed by atoms with E-state index in [1.165, 1.54) is 87.1 Å². The highest BCUT2D eigenvalue weighted by atomic mass is 16.6. The van der Waals surface area contributed by atoms with Gasteiger partial charge < -0.3 is 15.4 Å². The Morgan fingerprint density at radius 3 is 2.05 bits per heavy atom. The van der Waals surface area contributed by atoms with E-state index in [2.05, 4.69) is 21.6 Å². The summed E-state index contributed by atoms with van der Waals surface area (Å²) in [4.78, 5) is 29.1. The maximum atomic E-state index is 13.4. The highest BCUT2D eigenvalue weighted by Gasteiger charge is 2.44. The minimum atomic E-state index is -0.610. The second kappa shape index (κ2) is 12.0. The van der Waals surface area contributed by atoms with Crippen molar-refractivity contribution in [2.45, 2.75) is 134 Å². The lowest BCUT2D eigenvalue weighted by atomic mass is 9.73. The van der Waals surface area contributed by atoms with Crippen LogP contribution in [0.1, 0.15) is 104 Å². The Balaban J connectivity index is 1.10. The quantitative estimate of drug-likeness (QED) is 0.403. The van der Waals surface area contributed by atoms with Crippen molar-refractivity contribution in [1.29, 1.82) is 0 Å². The maximum absolute atomic E-state index is 13.4. The summed E-state index contributed by atoms with van der Waals surface area (Å²) in [6, 6.07) is 10.2. The molecular formula is C33H51N5O3. The van der Waals surface area contributed by atoms with Crippen LogP contribution in [0.5, 0.6) is 0 Å². The molecule has 2 aliphatic carbocycles. The van der Waals surface area contributed by atoms with Crippen LogP contribution in [0.15, 0.2) is 24.3 Å². The average molecular weight is 566 g/mol. The number of hydrogen-bond donors (Lipinski definition) is 2. The van der Waals surface area contributed by atoms with Crippen LogP contribution >= 0.6 is 0 Å². The number of fused-ring (bicyclic) bond motifs is 4. The van der Waals surface area contributed by atoms with Gasteiger partial charge in [-0.2, -0.15) is 0 Å². The van der Waals surface area contributed by atoms with Crippen molar-refractivity contribution in [3.05, 3.63) is 24.3 Å². The summed E-state index contributed by atoms with van der Waals surface area (Å²) in [5.41, 5.74) is 1.11. The van der Waals surface area contributed by atoms with Gasteiger partial charge in [-0.15, -0.1) is 0 Å². The summed E-state index contributed by atoms with van der Waals surface area (Å²) < 4.78 is 5.54. The van der Waals surface area contributed by atoms with Gasteiger partial charge in [-0.3, -0.25) is 4.90 Å². The second-order valence-corrected chi connectivity index (χ2v) is 14.4. The summed E-state index contributed by atoms with van der Waals surface area (Å²) in [6.07, 6.45) is 16.7. The fourth-order valence-electron chi connectivity index (χ4n) is 8.69. The molecule has 3 saturated heterocycles. The van der Waals surface area contributed by atoms with E-state index in [1.54, 1.807) is 0 Å². The molecule has 5 aliphatic rings. The topological polar surface area (TPSA) is 77.1 Å². The summed E-state index contributed by atoms with van der Waals surface area (Å²) in [7, 11) is 0. The number of ether oxygens (including phenoxy) is 1. The van der Waals surface area contributed by atoms with Crippen molar-refractivity contribution in [3.63, 3.8) is 0 Å². The molecule has 4 bridgehead atoms. The predicted octanol–water partition coefficient (Wildman–Crippen LogP) is 7.23. The zero-order valence-corrected chi connectivity index (χ0v) is 25.4. The Morgan fingerprint density at radius 2 is 1.39 bits per heavy atom. The number of carbonyl (C=O) groups is 2. The predicted molar refractivity (Wildman–Crippen MR) is 163 cm³/mol. The molecule has 8 nitrogen and oxygen atoms in total. The van der Waals surface area contributed by atoms with E-state index >= 15 is 0 Å². The molecule has 6 atom stereocenters. The second-order valence-electron chi connectivity index (χ2n) is 14.4. The number of benzene rings is 1. The summed E-state index contributed by atoms with van der Waals surface area (Å²) >= 11 is 0. The Morgan fingerprint density at radius 1 is 0.756 bits per heavy atom. The van der Waals surface area contributed by atoms with Crippen molar-refractivity contribution in [3.8, 4) is 0 Å². The Kier molecular flexibility index (Phi) is 8.39. The smallest absolute Gasteiger partial charge is 0.429 e. The van der Waals surface area contributed by atoms with Gasteiger partial charge in [0.2, 0.25) is 0 Å². The van der Waals surface area contributed by atoms with Crippen LogP contribution in [0, 0.1) is 11.8 Å². The molecule has 2 saturated carbocycles. The van der Waals surface area contributed by atoms with Gasteiger partial charge in [-0.1, -0.05) is 44.2 Å². The van der Waals surface area contributed by atoms with Crippen LogP contribution < -0.4 is 10.6 Å². The highest BCUT2D eigenvalue weighted by molar-refractivity contribution is 5.94. The molecule has 3 amide bonds. The third-order valence-electron chi connectivity index (χ3n) is 10.2.